The average Bonchev–Trinajstić information content (AvgIpc) is 3.33. The van der Waals surface area contributed by atoms with Crippen molar-refractivity contribution in [2.75, 3.05) is 14.2 Å². The molecule has 8 heteroatoms. The van der Waals surface area contributed by atoms with Crippen LogP contribution in [-0.4, -0.2) is 39.6 Å². The second-order valence-electron chi connectivity index (χ2n) is 9.42. The summed E-state index contributed by atoms with van der Waals surface area (Å²) in [6, 6.07) is 16.5. The minimum atomic E-state index is -0.328. The third kappa shape index (κ3) is 4.01. The number of fused-ring (bicyclic) bond motifs is 1. The van der Waals surface area contributed by atoms with Crippen molar-refractivity contribution in [3.8, 4) is 34.1 Å². The van der Waals surface area contributed by atoms with Crippen molar-refractivity contribution >= 4 is 5.78 Å². The molecular weight excluding hydrogens is 444 g/mol. The Labute approximate surface area is 202 Å². The summed E-state index contributed by atoms with van der Waals surface area (Å²) >= 11 is 0. The molecule has 0 fully saturated rings. The zero-order valence-electron chi connectivity index (χ0n) is 20.1. The van der Waals surface area contributed by atoms with Crippen molar-refractivity contribution in [3.05, 3.63) is 82.4 Å². The molecule has 5 rings (SSSR count). The van der Waals surface area contributed by atoms with Gasteiger partial charge in [0.15, 0.2) is 5.78 Å². The first kappa shape index (κ1) is 22.6. The van der Waals surface area contributed by atoms with Gasteiger partial charge in [0, 0.05) is 29.3 Å². The van der Waals surface area contributed by atoms with E-state index in [1.807, 2.05) is 44.2 Å². The Kier molecular flexibility index (Phi) is 5.51. The van der Waals surface area contributed by atoms with Crippen LogP contribution < -0.4 is 15.0 Å². The monoisotopic (exact) mass is 470 g/mol. The van der Waals surface area contributed by atoms with Gasteiger partial charge in [0.25, 0.3) is 5.56 Å². The fraction of sp³-hybridized carbons (Fsp3) is 0.259. The summed E-state index contributed by atoms with van der Waals surface area (Å²) in [5, 5.41) is 8.48. The van der Waals surface area contributed by atoms with Crippen molar-refractivity contribution in [1.29, 1.82) is 0 Å². The van der Waals surface area contributed by atoms with Crippen LogP contribution in [0.5, 0.6) is 11.5 Å². The number of aromatic nitrogens is 4. The number of methoxy groups -OCH3 is 2. The minimum absolute atomic E-state index is 0.0171. The topological polar surface area (TPSA) is 88.2 Å². The van der Waals surface area contributed by atoms with Gasteiger partial charge in [-0.25, -0.2) is 4.68 Å². The lowest BCUT2D eigenvalue weighted by atomic mass is 9.75. The van der Waals surface area contributed by atoms with Crippen molar-refractivity contribution in [2.45, 2.75) is 26.7 Å². The molecule has 35 heavy (non-hydrogen) atoms. The van der Waals surface area contributed by atoms with Crippen LogP contribution in [-0.2, 0) is 6.42 Å². The molecule has 0 unspecified atom stereocenters. The highest BCUT2D eigenvalue weighted by Gasteiger charge is 2.35. The highest BCUT2D eigenvalue weighted by atomic mass is 16.5. The molecule has 0 bridgehead atoms. The molecule has 0 saturated heterocycles. The van der Waals surface area contributed by atoms with Crippen molar-refractivity contribution in [1.82, 2.24) is 19.6 Å². The SMILES string of the molecule is COc1ccc(OC)c(-n2c3c(cc(-n4cc(-c5ccccc5)nn4)c2=O)C(=O)CC(C)(C)C3)c1. The normalized spacial score (nSPS) is 14.5. The van der Waals surface area contributed by atoms with Gasteiger partial charge in [-0.1, -0.05) is 49.4 Å². The minimum Gasteiger partial charge on any atom is -0.497 e. The Bertz CT molecular complexity index is 1490. The molecule has 2 aromatic heterocycles. The predicted octanol–water partition coefficient (Wildman–Crippen LogP) is 4.26. The fourth-order valence-electron chi connectivity index (χ4n) is 4.61. The van der Waals surface area contributed by atoms with Gasteiger partial charge in [-0.2, -0.15) is 0 Å². The third-order valence-corrected chi connectivity index (χ3v) is 6.31. The van der Waals surface area contributed by atoms with Gasteiger partial charge < -0.3 is 9.47 Å². The van der Waals surface area contributed by atoms with E-state index in [2.05, 4.69) is 10.3 Å². The van der Waals surface area contributed by atoms with Crippen LogP contribution in [0.3, 0.4) is 0 Å². The van der Waals surface area contributed by atoms with E-state index in [0.29, 0.717) is 47.0 Å². The Morgan fingerprint density at radius 2 is 1.69 bits per heavy atom. The van der Waals surface area contributed by atoms with E-state index in [0.717, 1.165) is 5.56 Å². The highest BCUT2D eigenvalue weighted by molar-refractivity contribution is 5.99. The number of rotatable bonds is 5. The van der Waals surface area contributed by atoms with Crippen LogP contribution >= 0.6 is 0 Å². The van der Waals surface area contributed by atoms with Gasteiger partial charge in [-0.05, 0) is 30.0 Å². The van der Waals surface area contributed by atoms with E-state index in [-0.39, 0.29) is 22.4 Å². The maximum absolute atomic E-state index is 14.0. The Hall–Kier alpha value is -4.20. The molecule has 0 amide bonds. The van der Waals surface area contributed by atoms with Crippen molar-refractivity contribution in [3.63, 3.8) is 0 Å². The van der Waals surface area contributed by atoms with Gasteiger partial charge in [0.1, 0.15) is 22.9 Å². The molecule has 2 aromatic carbocycles. The molecule has 0 saturated carbocycles. The Balaban J connectivity index is 1.79. The molecule has 2 heterocycles. The number of Topliss-reactive ketones (excluding diaryl/α,β-unsaturated/α-hetero) is 1. The maximum atomic E-state index is 14.0. The van der Waals surface area contributed by atoms with Gasteiger partial charge >= 0.3 is 0 Å². The quantitative estimate of drug-likeness (QED) is 0.433. The molecule has 4 aromatic rings. The number of ketones is 1. The number of hydrogen-bond donors (Lipinski definition) is 0. The summed E-state index contributed by atoms with van der Waals surface area (Å²) in [6.07, 6.45) is 2.64. The standard InChI is InChI=1S/C27H26N4O4/c1-27(2)14-23-19(24(32)15-27)13-22(30-16-20(28-29-30)17-8-6-5-7-9-17)26(33)31(23)21-12-18(34-3)10-11-25(21)35-4/h5-13,16H,14-15H2,1-4H3. The number of benzene rings is 2. The third-order valence-electron chi connectivity index (χ3n) is 6.31. The van der Waals surface area contributed by atoms with Crippen LogP contribution in [0.15, 0.2) is 65.6 Å². The fourth-order valence-corrected chi connectivity index (χ4v) is 4.61. The zero-order valence-corrected chi connectivity index (χ0v) is 20.1. The van der Waals surface area contributed by atoms with E-state index < -0.39 is 0 Å². The van der Waals surface area contributed by atoms with Gasteiger partial charge in [-0.3, -0.25) is 14.2 Å². The Morgan fingerprint density at radius 1 is 0.914 bits per heavy atom. The molecule has 1 aliphatic rings. The number of hydrogen-bond acceptors (Lipinski definition) is 6. The lowest BCUT2D eigenvalue weighted by Gasteiger charge is -2.32. The van der Waals surface area contributed by atoms with Crippen LogP contribution in [0.25, 0.3) is 22.6 Å². The summed E-state index contributed by atoms with van der Waals surface area (Å²) in [4.78, 5) is 27.3. The first-order valence-electron chi connectivity index (χ1n) is 11.3. The zero-order chi connectivity index (χ0) is 24.7. The molecule has 0 aliphatic heterocycles. The molecular formula is C27H26N4O4. The number of pyridine rings is 1. The molecule has 0 spiro atoms. The first-order chi connectivity index (χ1) is 16.8. The van der Waals surface area contributed by atoms with Crippen LogP contribution in [0.1, 0.15) is 36.3 Å². The molecule has 0 N–H and O–H groups in total. The van der Waals surface area contributed by atoms with Crippen LogP contribution in [0.4, 0.5) is 0 Å². The van der Waals surface area contributed by atoms with E-state index in [9.17, 15) is 9.59 Å². The van der Waals surface area contributed by atoms with E-state index >= 15 is 0 Å². The largest absolute Gasteiger partial charge is 0.497 e. The number of nitrogens with zero attached hydrogens (tertiary/aromatic N) is 4. The first-order valence-corrected chi connectivity index (χ1v) is 11.3. The Morgan fingerprint density at radius 3 is 2.40 bits per heavy atom. The van der Waals surface area contributed by atoms with E-state index in [1.54, 1.807) is 49.2 Å². The van der Waals surface area contributed by atoms with E-state index in [4.69, 9.17) is 9.47 Å². The van der Waals surface area contributed by atoms with Gasteiger partial charge in [0.2, 0.25) is 0 Å². The molecule has 1 aliphatic carbocycles. The number of carbonyl (C=O) groups is 1. The lowest BCUT2D eigenvalue weighted by molar-refractivity contribution is 0.0908. The number of ether oxygens (including phenoxy) is 2. The number of carbonyl (C=O) groups excluding carboxylic acids is 1. The van der Waals surface area contributed by atoms with Crippen molar-refractivity contribution in [2.24, 2.45) is 5.41 Å². The summed E-state index contributed by atoms with van der Waals surface area (Å²) in [6.45, 7) is 4.06. The smallest absolute Gasteiger partial charge is 0.281 e. The summed E-state index contributed by atoms with van der Waals surface area (Å²) < 4.78 is 14.0. The van der Waals surface area contributed by atoms with Crippen molar-refractivity contribution < 1.29 is 14.3 Å². The van der Waals surface area contributed by atoms with Crippen LogP contribution in [0, 0.1) is 5.41 Å². The molecule has 8 nitrogen and oxygen atoms in total. The summed E-state index contributed by atoms with van der Waals surface area (Å²) in [5.41, 5.74) is 2.77. The lowest BCUT2D eigenvalue weighted by Crippen LogP contribution is -2.36. The summed E-state index contributed by atoms with van der Waals surface area (Å²) in [5.74, 6) is 1.04. The second kappa shape index (κ2) is 8.54. The molecule has 178 valence electrons. The molecule has 0 atom stereocenters. The predicted molar refractivity (Wildman–Crippen MR) is 132 cm³/mol. The molecule has 0 radical (unpaired) electrons. The van der Waals surface area contributed by atoms with Gasteiger partial charge in [-0.15, -0.1) is 5.10 Å². The second-order valence-corrected chi connectivity index (χ2v) is 9.42. The van der Waals surface area contributed by atoms with E-state index in [1.165, 1.54) is 4.68 Å². The summed E-state index contributed by atoms with van der Waals surface area (Å²) in [7, 11) is 3.11. The van der Waals surface area contributed by atoms with Gasteiger partial charge in [0.05, 0.1) is 26.1 Å². The highest BCUT2D eigenvalue weighted by Crippen LogP contribution is 2.37. The van der Waals surface area contributed by atoms with Crippen LogP contribution in [0.2, 0.25) is 0 Å². The maximum Gasteiger partial charge on any atom is 0.281 e. The average molecular weight is 471 g/mol.